The number of methoxy groups -OCH3 is 1. The van der Waals surface area contributed by atoms with Gasteiger partial charge in [-0.25, -0.2) is 9.86 Å². The average molecular weight is 491 g/mol. The predicted molar refractivity (Wildman–Crippen MR) is 128 cm³/mol. The number of carbonyl (C=O) groups is 3. The molecule has 184 valence electrons. The van der Waals surface area contributed by atoms with Crippen LogP contribution in [-0.4, -0.2) is 60.7 Å². The van der Waals surface area contributed by atoms with Gasteiger partial charge in [-0.2, -0.15) is 0 Å². The molecule has 2 rings (SSSR count). The Hall–Kier alpha value is -3.24. The summed E-state index contributed by atoms with van der Waals surface area (Å²) in [7, 11) is 4.39. The molecule has 2 aromatic rings. The lowest BCUT2D eigenvalue weighted by molar-refractivity contribution is -0.168. The second-order valence-corrected chi connectivity index (χ2v) is 8.47. The third-order valence-corrected chi connectivity index (χ3v) is 6.40. The van der Waals surface area contributed by atoms with E-state index in [2.05, 4.69) is 5.32 Å². The Balaban J connectivity index is 2.08. The number of amides is 2. The van der Waals surface area contributed by atoms with Crippen molar-refractivity contribution in [1.29, 1.82) is 0 Å². The highest BCUT2D eigenvalue weighted by molar-refractivity contribution is 7.99. The van der Waals surface area contributed by atoms with Crippen LogP contribution in [0.4, 0.5) is 4.79 Å². The van der Waals surface area contributed by atoms with Crippen molar-refractivity contribution in [3.05, 3.63) is 65.7 Å². The molecule has 0 unspecified atom stereocenters. The van der Waals surface area contributed by atoms with Crippen LogP contribution in [0.3, 0.4) is 0 Å². The number of nitrogens with zero attached hydrogens (tertiary/aromatic N) is 1. The summed E-state index contributed by atoms with van der Waals surface area (Å²) in [6.45, 7) is 0.0431. The second-order valence-electron chi connectivity index (χ2n) is 7.34. The minimum Gasteiger partial charge on any atom is -0.497 e. The van der Waals surface area contributed by atoms with E-state index in [1.54, 1.807) is 19.2 Å². The number of benzene rings is 2. The molecule has 0 radical (unpaired) electrons. The Morgan fingerprint density at radius 3 is 2.29 bits per heavy atom. The molecule has 0 saturated carbocycles. The van der Waals surface area contributed by atoms with E-state index in [-0.39, 0.29) is 25.4 Å². The highest BCUT2D eigenvalue weighted by Crippen LogP contribution is 2.25. The molecule has 2 N–H and O–H groups in total. The van der Waals surface area contributed by atoms with Gasteiger partial charge in [-0.3, -0.25) is 14.4 Å². The summed E-state index contributed by atoms with van der Waals surface area (Å²) >= 11 is 1.16. The minimum atomic E-state index is -1.10. The standard InChI is InChI=1S/C24H30N2O7S/c1-26(32-3)21(27)14-13-20(25-24(30)33-15-17-7-5-4-6-8-17)22(23(28)29)34-16-18-9-11-19(31-2)12-10-18/h4-12,20,22H,13-16H2,1-3H3,(H,25,30)(H,28,29)/t20-,22-/m1/s1. The second kappa shape index (κ2) is 14.1. The van der Waals surface area contributed by atoms with E-state index in [1.165, 1.54) is 14.2 Å². The summed E-state index contributed by atoms with van der Waals surface area (Å²) in [5, 5.41) is 12.6. The Labute approximate surface area is 203 Å². The number of rotatable bonds is 13. The van der Waals surface area contributed by atoms with E-state index < -0.39 is 23.4 Å². The van der Waals surface area contributed by atoms with Crippen molar-refractivity contribution >= 4 is 29.7 Å². The van der Waals surface area contributed by atoms with E-state index in [0.717, 1.165) is 28.0 Å². The van der Waals surface area contributed by atoms with Gasteiger partial charge in [0.1, 0.15) is 17.6 Å². The number of hydrogen-bond donors (Lipinski definition) is 2. The minimum absolute atomic E-state index is 0.0130. The van der Waals surface area contributed by atoms with Crippen LogP contribution in [0.2, 0.25) is 0 Å². The van der Waals surface area contributed by atoms with Crippen LogP contribution in [0.25, 0.3) is 0 Å². The number of carboxylic acids is 1. The van der Waals surface area contributed by atoms with Crippen molar-refractivity contribution in [2.24, 2.45) is 0 Å². The molecule has 0 aliphatic rings. The first-order valence-electron chi connectivity index (χ1n) is 10.6. The molecular weight excluding hydrogens is 460 g/mol. The SMILES string of the molecule is COc1ccc(CS[C@@H](C(=O)O)[C@@H](CCC(=O)N(C)OC)NC(=O)OCc2ccccc2)cc1. The topological polar surface area (TPSA) is 114 Å². The van der Waals surface area contributed by atoms with Crippen molar-refractivity contribution in [3.8, 4) is 5.75 Å². The van der Waals surface area contributed by atoms with Gasteiger partial charge in [0, 0.05) is 19.2 Å². The quantitative estimate of drug-likeness (QED) is 0.410. The fourth-order valence-corrected chi connectivity index (χ4v) is 4.16. The van der Waals surface area contributed by atoms with Crippen molar-refractivity contribution in [3.63, 3.8) is 0 Å². The molecule has 2 aromatic carbocycles. The van der Waals surface area contributed by atoms with Crippen LogP contribution in [0.15, 0.2) is 54.6 Å². The summed E-state index contributed by atoms with van der Waals surface area (Å²) in [5.41, 5.74) is 1.70. The third-order valence-electron chi connectivity index (χ3n) is 5.01. The van der Waals surface area contributed by atoms with E-state index in [0.29, 0.717) is 11.5 Å². The van der Waals surface area contributed by atoms with E-state index in [1.807, 2.05) is 42.5 Å². The molecule has 0 aromatic heterocycles. The maximum atomic E-state index is 12.5. The van der Waals surface area contributed by atoms with Crippen LogP contribution in [0, 0.1) is 0 Å². The fourth-order valence-electron chi connectivity index (χ4n) is 3.02. The molecule has 9 nitrogen and oxygen atoms in total. The lowest BCUT2D eigenvalue weighted by Crippen LogP contribution is -2.46. The van der Waals surface area contributed by atoms with E-state index >= 15 is 0 Å². The highest BCUT2D eigenvalue weighted by atomic mass is 32.2. The van der Waals surface area contributed by atoms with Gasteiger partial charge in [-0.05, 0) is 29.7 Å². The zero-order valence-electron chi connectivity index (χ0n) is 19.4. The largest absolute Gasteiger partial charge is 0.497 e. The maximum absolute atomic E-state index is 12.5. The molecule has 34 heavy (non-hydrogen) atoms. The van der Waals surface area contributed by atoms with Gasteiger partial charge in [-0.1, -0.05) is 42.5 Å². The van der Waals surface area contributed by atoms with Gasteiger partial charge < -0.3 is 19.9 Å². The lowest BCUT2D eigenvalue weighted by atomic mass is 10.1. The lowest BCUT2D eigenvalue weighted by Gasteiger charge is -2.25. The molecular formula is C24H30N2O7S. The Morgan fingerprint density at radius 2 is 1.71 bits per heavy atom. The van der Waals surface area contributed by atoms with Crippen molar-refractivity contribution in [1.82, 2.24) is 10.4 Å². The van der Waals surface area contributed by atoms with E-state index in [4.69, 9.17) is 14.3 Å². The first-order chi connectivity index (χ1) is 16.3. The highest BCUT2D eigenvalue weighted by Gasteiger charge is 2.31. The van der Waals surface area contributed by atoms with Crippen molar-refractivity contribution in [2.45, 2.75) is 36.5 Å². The number of aliphatic carboxylic acids is 1. The van der Waals surface area contributed by atoms with Crippen LogP contribution in [0.5, 0.6) is 5.75 Å². The zero-order valence-corrected chi connectivity index (χ0v) is 20.2. The molecule has 0 saturated heterocycles. The van der Waals surface area contributed by atoms with Crippen LogP contribution in [0.1, 0.15) is 24.0 Å². The number of alkyl carbamates (subject to hydrolysis) is 1. The van der Waals surface area contributed by atoms with Crippen molar-refractivity contribution < 1.29 is 33.8 Å². The Kier molecular flexibility index (Phi) is 11.2. The Bertz CT molecular complexity index is 925. The molecule has 0 aliphatic carbocycles. The molecule has 0 aliphatic heterocycles. The normalized spacial score (nSPS) is 12.3. The third kappa shape index (κ3) is 8.95. The number of hydrogen-bond acceptors (Lipinski definition) is 7. The monoisotopic (exact) mass is 490 g/mol. The summed E-state index contributed by atoms with van der Waals surface area (Å²) in [5.74, 6) is -0.343. The predicted octanol–water partition coefficient (Wildman–Crippen LogP) is 3.48. The summed E-state index contributed by atoms with van der Waals surface area (Å²) < 4.78 is 10.4. The van der Waals surface area contributed by atoms with Crippen LogP contribution in [-0.2, 0) is 31.5 Å². The van der Waals surface area contributed by atoms with Gasteiger partial charge in [0.05, 0.1) is 20.3 Å². The molecule has 0 bridgehead atoms. The molecule has 10 heteroatoms. The number of nitrogens with one attached hydrogen (secondary N) is 1. The maximum Gasteiger partial charge on any atom is 0.407 e. The van der Waals surface area contributed by atoms with E-state index in [9.17, 15) is 19.5 Å². The van der Waals surface area contributed by atoms with Crippen LogP contribution < -0.4 is 10.1 Å². The molecule has 2 atom stereocenters. The van der Waals surface area contributed by atoms with Gasteiger partial charge in [0.2, 0.25) is 5.91 Å². The molecule has 2 amide bonds. The van der Waals surface area contributed by atoms with Crippen LogP contribution >= 0.6 is 11.8 Å². The Morgan fingerprint density at radius 1 is 1.03 bits per heavy atom. The number of thioether (sulfide) groups is 1. The molecule has 0 fully saturated rings. The smallest absolute Gasteiger partial charge is 0.407 e. The molecule has 0 heterocycles. The van der Waals surface area contributed by atoms with Gasteiger partial charge in [0.25, 0.3) is 0 Å². The van der Waals surface area contributed by atoms with Crippen molar-refractivity contribution in [2.75, 3.05) is 21.3 Å². The summed E-state index contributed by atoms with van der Waals surface area (Å²) in [4.78, 5) is 41.7. The first kappa shape index (κ1) is 27.0. The summed E-state index contributed by atoms with van der Waals surface area (Å²) in [6, 6.07) is 15.6. The number of ether oxygens (including phenoxy) is 2. The average Bonchev–Trinajstić information content (AvgIpc) is 2.86. The summed E-state index contributed by atoms with van der Waals surface area (Å²) in [6.07, 6.45) is -0.668. The van der Waals surface area contributed by atoms with Gasteiger partial charge in [0.15, 0.2) is 0 Å². The van der Waals surface area contributed by atoms with Gasteiger partial charge >= 0.3 is 12.1 Å². The number of carboxylic acid groups (broad SMARTS) is 1. The number of carbonyl (C=O) groups excluding carboxylic acids is 2. The zero-order chi connectivity index (χ0) is 24.9. The first-order valence-corrected chi connectivity index (χ1v) is 11.6. The number of hydroxylamine groups is 2. The molecule has 0 spiro atoms. The van der Waals surface area contributed by atoms with Gasteiger partial charge in [-0.15, -0.1) is 11.8 Å². The fraction of sp³-hybridized carbons (Fsp3) is 0.375.